The first-order valence-corrected chi connectivity index (χ1v) is 23.6. The van der Waals surface area contributed by atoms with Gasteiger partial charge >= 0.3 is 5.97 Å². The van der Waals surface area contributed by atoms with E-state index in [0.29, 0.717) is 75.5 Å². The second-order valence-corrected chi connectivity index (χ2v) is 21.1. The molecular weight excluding hydrogens is 783 g/mol. The Morgan fingerprint density at radius 2 is 1.69 bits per heavy atom. The molecule has 0 aromatic rings. The van der Waals surface area contributed by atoms with Crippen LogP contribution < -0.4 is 5.32 Å². The number of ether oxygens (including phenoxy) is 9. The zero-order valence-electron chi connectivity index (χ0n) is 37.6. The van der Waals surface area contributed by atoms with Gasteiger partial charge in [-0.25, -0.2) is 0 Å². The molecule has 0 saturated carbocycles. The zero-order valence-corrected chi connectivity index (χ0v) is 37.6. The SMILES string of the molecule is C=C(C[C@@]12C[C@@H](C)C[C@@H](O1)[C@H]1O[C@]3(C[C@H]1O2)NC[C@H](C)C[C@@H]3C)[C@H]1O[C@@](O)([C@H](O)[C@@H]2C[C@H]3O[C@@]4(CC[C@]5(C=CC[C@@H](/C=C/CCC(=O)OC)O5)O4)[C@H](C)C[C@H]3O2)[C@H](C)C[C@@H]1C. The quantitative estimate of drug-likeness (QED) is 0.175. The second kappa shape index (κ2) is 16.6. The van der Waals surface area contributed by atoms with Gasteiger partial charge in [0.15, 0.2) is 23.1 Å². The van der Waals surface area contributed by atoms with E-state index in [0.717, 1.165) is 37.8 Å². The van der Waals surface area contributed by atoms with Gasteiger partial charge in [-0.15, -0.1) is 0 Å². The minimum absolute atomic E-state index is 0.00757. The van der Waals surface area contributed by atoms with Crippen LogP contribution in [0.4, 0.5) is 0 Å². The minimum Gasteiger partial charge on any atom is -0.469 e. The molecule has 9 rings (SSSR count). The summed E-state index contributed by atoms with van der Waals surface area (Å²) in [5.41, 5.74) is 0.398. The number of hydrogen-bond acceptors (Lipinski definition) is 13. The van der Waals surface area contributed by atoms with Gasteiger partial charge in [-0.05, 0) is 73.8 Å². The Morgan fingerprint density at radius 3 is 2.48 bits per heavy atom. The van der Waals surface area contributed by atoms with Crippen molar-refractivity contribution in [2.45, 2.75) is 209 Å². The number of rotatable bonds is 9. The van der Waals surface area contributed by atoms with Crippen LogP contribution >= 0.6 is 0 Å². The number of aliphatic hydroxyl groups is 2. The summed E-state index contributed by atoms with van der Waals surface area (Å²) in [6.07, 6.45) is 13.0. The number of piperidine rings is 1. The van der Waals surface area contributed by atoms with E-state index in [2.05, 4.69) is 52.6 Å². The van der Waals surface area contributed by atoms with Crippen molar-refractivity contribution in [1.82, 2.24) is 5.32 Å². The van der Waals surface area contributed by atoms with E-state index < -0.39 is 47.2 Å². The first-order chi connectivity index (χ1) is 29.0. The fourth-order valence-electron chi connectivity index (χ4n) is 12.9. The molecule has 0 radical (unpaired) electrons. The molecule has 9 heterocycles. The third-order valence-corrected chi connectivity index (χ3v) is 16.1. The lowest BCUT2D eigenvalue weighted by molar-refractivity contribution is -0.367. The summed E-state index contributed by atoms with van der Waals surface area (Å²) in [5.74, 6) is -3.74. The van der Waals surface area contributed by atoms with Gasteiger partial charge in [0.2, 0.25) is 0 Å². The molecule has 0 amide bonds. The molecule has 13 heteroatoms. The van der Waals surface area contributed by atoms with Crippen molar-refractivity contribution >= 4 is 5.97 Å². The monoisotopic (exact) mass is 856 g/mol. The van der Waals surface area contributed by atoms with E-state index in [1.807, 2.05) is 25.2 Å². The Bertz CT molecular complexity index is 1710. The van der Waals surface area contributed by atoms with Gasteiger partial charge in [0, 0.05) is 63.3 Å². The van der Waals surface area contributed by atoms with Crippen molar-refractivity contribution in [3.63, 3.8) is 0 Å². The Morgan fingerprint density at radius 1 is 0.885 bits per heavy atom. The summed E-state index contributed by atoms with van der Waals surface area (Å²) in [6.45, 7) is 18.5. The van der Waals surface area contributed by atoms with Crippen LogP contribution in [0.3, 0.4) is 0 Å². The Kier molecular flexibility index (Phi) is 12.1. The average Bonchev–Trinajstić information content (AvgIpc) is 3.90. The highest BCUT2D eigenvalue weighted by Gasteiger charge is 2.64. The molecule has 8 saturated heterocycles. The smallest absolute Gasteiger partial charge is 0.305 e. The number of esters is 1. The molecule has 0 aromatic carbocycles. The van der Waals surface area contributed by atoms with Gasteiger partial charge in [0.25, 0.3) is 0 Å². The fraction of sp³-hybridized carbons (Fsp3) is 0.854. The molecule has 3 spiro atoms. The van der Waals surface area contributed by atoms with E-state index in [9.17, 15) is 15.0 Å². The van der Waals surface area contributed by atoms with E-state index in [-0.39, 0.29) is 60.3 Å². The molecule has 13 nitrogen and oxygen atoms in total. The van der Waals surface area contributed by atoms with E-state index in [4.69, 9.17) is 42.6 Å². The van der Waals surface area contributed by atoms with E-state index in [1.54, 1.807) is 0 Å². The molecule has 20 atom stereocenters. The predicted octanol–water partition coefficient (Wildman–Crippen LogP) is 6.34. The highest BCUT2D eigenvalue weighted by molar-refractivity contribution is 5.69. The number of fused-ring (bicyclic) bond motifs is 5. The summed E-state index contributed by atoms with van der Waals surface area (Å²) in [5, 5.41) is 28.3. The van der Waals surface area contributed by atoms with Crippen molar-refractivity contribution in [1.29, 1.82) is 0 Å². The molecule has 2 bridgehead atoms. The van der Waals surface area contributed by atoms with Crippen molar-refractivity contribution in [3.05, 3.63) is 36.5 Å². The molecule has 0 aromatic heterocycles. The lowest BCUT2D eigenvalue weighted by Gasteiger charge is -2.53. The van der Waals surface area contributed by atoms with Gasteiger partial charge in [-0.2, -0.15) is 0 Å². The van der Waals surface area contributed by atoms with E-state index in [1.165, 1.54) is 7.11 Å². The van der Waals surface area contributed by atoms with Crippen LogP contribution in [0.2, 0.25) is 0 Å². The van der Waals surface area contributed by atoms with Crippen LogP contribution in [0.1, 0.15) is 125 Å². The first kappa shape index (κ1) is 44.5. The number of nitrogens with one attached hydrogen (secondary N) is 1. The minimum atomic E-state index is -1.87. The summed E-state index contributed by atoms with van der Waals surface area (Å²) < 4.78 is 59.1. The standard InChI is InChI=1S/C48H73NO12/c1-27-19-37-42-39(25-46(59-42)31(5)18-28(2)26-49-46)57-45(23-27,56-37)24-30(4)41-29(3)20-33(7)48(52,60-41)43(51)38-22-36-35(54-38)21-32(6)47(58-36)17-16-44(61-47)15-11-13-34(55-44)12-9-10-14-40(50)53-8/h9,11-12,15,27-29,31-39,41-43,49,51-52H,4,10,13-14,16-26H2,1-3,5-8H3/b12-9+/t27-,28+,29-,31-,32+,33+,34+,35+,36+,37+,38-,39+,41-,42+,43+,44-,45-,46-,47+,48+/m0/s1. The molecule has 342 valence electrons. The van der Waals surface area contributed by atoms with Crippen molar-refractivity contribution < 1.29 is 57.6 Å². The van der Waals surface area contributed by atoms with Crippen LogP contribution in [0.25, 0.3) is 0 Å². The number of hydrogen-bond donors (Lipinski definition) is 3. The molecule has 8 fully saturated rings. The van der Waals surface area contributed by atoms with Gasteiger partial charge < -0.3 is 52.8 Å². The predicted molar refractivity (Wildman–Crippen MR) is 223 cm³/mol. The Balaban J connectivity index is 0.840. The summed E-state index contributed by atoms with van der Waals surface area (Å²) in [7, 11) is 1.40. The Labute approximate surface area is 362 Å². The van der Waals surface area contributed by atoms with Crippen LogP contribution in [-0.2, 0) is 47.4 Å². The zero-order chi connectivity index (χ0) is 43.1. The third kappa shape index (κ3) is 8.16. The van der Waals surface area contributed by atoms with Gasteiger partial charge in [0.1, 0.15) is 17.9 Å². The van der Waals surface area contributed by atoms with Crippen LogP contribution in [0.15, 0.2) is 36.5 Å². The number of carbonyl (C=O) groups is 1. The fourth-order valence-corrected chi connectivity index (χ4v) is 12.9. The largest absolute Gasteiger partial charge is 0.469 e. The van der Waals surface area contributed by atoms with Crippen molar-refractivity contribution in [2.24, 2.45) is 35.5 Å². The highest BCUT2D eigenvalue weighted by Crippen LogP contribution is 2.55. The lowest BCUT2D eigenvalue weighted by atomic mass is 9.76. The third-order valence-electron chi connectivity index (χ3n) is 16.1. The molecule has 0 aliphatic carbocycles. The second-order valence-electron chi connectivity index (χ2n) is 21.1. The molecule has 9 aliphatic heterocycles. The maximum absolute atomic E-state index is 12.4. The van der Waals surface area contributed by atoms with E-state index >= 15 is 0 Å². The highest BCUT2D eigenvalue weighted by atomic mass is 16.8. The topological polar surface area (TPSA) is 153 Å². The average molecular weight is 856 g/mol. The van der Waals surface area contributed by atoms with Gasteiger partial charge in [0.05, 0.1) is 49.8 Å². The molecule has 61 heavy (non-hydrogen) atoms. The molecule has 0 unspecified atom stereocenters. The van der Waals surface area contributed by atoms with Gasteiger partial charge in [-0.1, -0.05) is 66.3 Å². The van der Waals surface area contributed by atoms with Crippen LogP contribution in [-0.4, -0.2) is 114 Å². The number of carbonyl (C=O) groups excluding carboxylic acids is 1. The summed E-state index contributed by atoms with van der Waals surface area (Å²) in [6, 6.07) is 0. The summed E-state index contributed by atoms with van der Waals surface area (Å²) >= 11 is 0. The Hall–Kier alpha value is -1.75. The maximum Gasteiger partial charge on any atom is 0.305 e. The normalized spacial score (nSPS) is 52.1. The number of methoxy groups -OCH3 is 1. The van der Waals surface area contributed by atoms with Crippen LogP contribution in [0.5, 0.6) is 0 Å². The first-order valence-electron chi connectivity index (χ1n) is 23.6. The summed E-state index contributed by atoms with van der Waals surface area (Å²) in [4.78, 5) is 11.5. The number of allylic oxidation sites excluding steroid dienone is 1. The molecule has 3 N–H and O–H groups in total. The maximum atomic E-state index is 12.4. The number of aliphatic hydroxyl groups excluding tert-OH is 1. The molecular formula is C48H73NO12. The van der Waals surface area contributed by atoms with Crippen LogP contribution in [0, 0.1) is 35.5 Å². The lowest BCUT2D eigenvalue weighted by Crippen LogP contribution is -2.62. The van der Waals surface area contributed by atoms with Crippen molar-refractivity contribution in [2.75, 3.05) is 13.7 Å². The van der Waals surface area contributed by atoms with Crippen molar-refractivity contribution in [3.8, 4) is 0 Å². The van der Waals surface area contributed by atoms with Gasteiger partial charge in [-0.3, -0.25) is 10.1 Å². The molecule has 9 aliphatic rings.